The molecule has 1 rings (SSSR count). The minimum Gasteiger partial charge on any atom is -0.414 e. The molecule has 1 saturated heterocycles. The van der Waals surface area contributed by atoms with Crippen LogP contribution in [0.5, 0.6) is 0 Å². The number of hydrogen-bond donors (Lipinski definition) is 2. The highest BCUT2D eigenvalue weighted by atomic mass is 28.4. The van der Waals surface area contributed by atoms with Gasteiger partial charge in [0.15, 0.2) is 31.2 Å². The van der Waals surface area contributed by atoms with Crippen LogP contribution in [-0.2, 0) is 18.0 Å². The summed E-state index contributed by atoms with van der Waals surface area (Å²) in [6.07, 6.45) is -4.30. The summed E-state index contributed by atoms with van der Waals surface area (Å²) in [6, 6.07) is 0. The van der Waals surface area contributed by atoms with Crippen LogP contribution in [0.2, 0.25) is 54.4 Å². The SMILES string of the molecule is CC(C)(C)[Si](C)(C)OC[C@H]1O[C@H](O)[C@H](O[Si](C)(C)C(C)(C)C)[C@@H](O)[C@@H]1O[Si](C)(C)C(C)(C)C. The average Bonchev–Trinajstić information content (AvgIpc) is 2.56. The first-order valence-electron chi connectivity index (χ1n) is 12.4. The normalized spacial score (nSPS) is 28.8. The van der Waals surface area contributed by atoms with Gasteiger partial charge in [-0.15, -0.1) is 0 Å². The van der Waals surface area contributed by atoms with Crippen molar-refractivity contribution < 1.29 is 28.2 Å². The van der Waals surface area contributed by atoms with E-state index in [1.165, 1.54) is 0 Å². The Morgan fingerprint density at radius 3 is 1.36 bits per heavy atom. The molecule has 2 N–H and O–H groups in total. The van der Waals surface area contributed by atoms with Gasteiger partial charge in [0.1, 0.15) is 24.4 Å². The Morgan fingerprint density at radius 2 is 1.00 bits per heavy atom. The molecule has 1 heterocycles. The standard InChI is InChI=1S/C24H54O6Si3/c1-22(2,3)31(10,11)27-16-17-19(29-32(12,13)23(4,5)6)18(25)20(21(26)28-17)30-33(14,15)24(7,8)9/h17-21,25-26H,16H2,1-15H3/t17-,18+,19-,20-,21+/m1/s1. The molecular weight excluding hydrogens is 469 g/mol. The van der Waals surface area contributed by atoms with Gasteiger partial charge in [0, 0.05) is 0 Å². The molecule has 0 saturated carbocycles. The van der Waals surface area contributed by atoms with E-state index in [1.54, 1.807) is 0 Å². The van der Waals surface area contributed by atoms with Crippen LogP contribution in [-0.4, -0.2) is 72.5 Å². The van der Waals surface area contributed by atoms with E-state index in [1.807, 2.05) is 0 Å². The van der Waals surface area contributed by atoms with Gasteiger partial charge in [-0.3, -0.25) is 0 Å². The first-order chi connectivity index (χ1) is 14.3. The molecule has 0 unspecified atom stereocenters. The molecule has 0 aliphatic carbocycles. The minimum atomic E-state index is -2.26. The molecule has 0 aromatic carbocycles. The summed E-state index contributed by atoms with van der Waals surface area (Å²) in [5.41, 5.74) is 0. The Hall–Kier alpha value is 0.411. The van der Waals surface area contributed by atoms with Crippen molar-refractivity contribution >= 4 is 25.0 Å². The van der Waals surface area contributed by atoms with Gasteiger partial charge in [-0.25, -0.2) is 0 Å². The maximum atomic E-state index is 11.5. The lowest BCUT2D eigenvalue weighted by Gasteiger charge is -2.50. The van der Waals surface area contributed by atoms with Crippen LogP contribution in [0.25, 0.3) is 0 Å². The molecule has 6 nitrogen and oxygen atoms in total. The molecule has 0 radical (unpaired) electrons. The zero-order chi connectivity index (χ0) is 26.4. The molecule has 198 valence electrons. The van der Waals surface area contributed by atoms with Crippen molar-refractivity contribution in [1.82, 2.24) is 0 Å². The van der Waals surface area contributed by atoms with Gasteiger partial charge in [-0.1, -0.05) is 62.3 Å². The third-order valence-corrected chi connectivity index (χ3v) is 22.0. The number of hydrogen-bond acceptors (Lipinski definition) is 6. The lowest BCUT2D eigenvalue weighted by Crippen LogP contribution is -2.65. The Balaban J connectivity index is 3.27. The van der Waals surface area contributed by atoms with Gasteiger partial charge in [-0.05, 0) is 54.4 Å². The predicted octanol–water partition coefficient (Wildman–Crippen LogP) is 5.87. The average molecular weight is 523 g/mol. The van der Waals surface area contributed by atoms with Crippen LogP contribution in [0.3, 0.4) is 0 Å². The number of aliphatic hydroxyl groups excluding tert-OH is 2. The molecule has 0 amide bonds. The molecule has 1 aliphatic heterocycles. The second kappa shape index (κ2) is 10.0. The minimum absolute atomic E-state index is 0.0383. The topological polar surface area (TPSA) is 77.4 Å². The van der Waals surface area contributed by atoms with Crippen molar-refractivity contribution in [2.45, 2.75) is 147 Å². The first-order valence-corrected chi connectivity index (χ1v) is 21.1. The van der Waals surface area contributed by atoms with E-state index in [0.717, 1.165) is 0 Å². The van der Waals surface area contributed by atoms with E-state index in [0.29, 0.717) is 0 Å². The fourth-order valence-electron chi connectivity index (χ4n) is 2.86. The maximum absolute atomic E-state index is 11.5. The van der Waals surface area contributed by atoms with Crippen LogP contribution < -0.4 is 0 Å². The molecule has 5 atom stereocenters. The molecular formula is C24H54O6Si3. The highest BCUT2D eigenvalue weighted by Gasteiger charge is 2.53. The Bertz CT molecular complexity index is 644. The van der Waals surface area contributed by atoms with Crippen molar-refractivity contribution in [3.63, 3.8) is 0 Å². The quantitative estimate of drug-likeness (QED) is 0.407. The lowest BCUT2D eigenvalue weighted by atomic mass is 9.99. The van der Waals surface area contributed by atoms with Crippen molar-refractivity contribution in [3.05, 3.63) is 0 Å². The summed E-state index contributed by atoms with van der Waals surface area (Å²) >= 11 is 0. The van der Waals surface area contributed by atoms with Gasteiger partial charge < -0.3 is 28.2 Å². The smallest absolute Gasteiger partial charge is 0.192 e. The zero-order valence-corrected chi connectivity index (χ0v) is 27.1. The van der Waals surface area contributed by atoms with Gasteiger partial charge in [0.2, 0.25) is 0 Å². The summed E-state index contributed by atoms with van der Waals surface area (Å²) in [5, 5.41) is 22.4. The van der Waals surface area contributed by atoms with Gasteiger partial charge in [0.05, 0.1) is 6.61 Å². The molecule has 0 aromatic rings. The summed E-state index contributed by atoms with van der Waals surface area (Å²) in [4.78, 5) is 0. The fraction of sp³-hybridized carbons (Fsp3) is 1.00. The van der Waals surface area contributed by atoms with E-state index in [9.17, 15) is 10.2 Å². The number of rotatable bonds is 7. The summed E-state index contributed by atoms with van der Waals surface area (Å²) in [7, 11) is -6.56. The lowest BCUT2D eigenvalue weighted by molar-refractivity contribution is -0.279. The highest BCUT2D eigenvalue weighted by Crippen LogP contribution is 2.43. The first kappa shape index (κ1) is 31.4. The second-order valence-corrected chi connectivity index (χ2v) is 28.6. The maximum Gasteiger partial charge on any atom is 0.192 e. The molecule has 33 heavy (non-hydrogen) atoms. The molecule has 0 spiro atoms. The third kappa shape index (κ3) is 7.45. The van der Waals surface area contributed by atoms with Crippen molar-refractivity contribution in [2.24, 2.45) is 0 Å². The summed E-state index contributed by atoms with van der Waals surface area (Å²) in [5.74, 6) is 0. The van der Waals surface area contributed by atoms with E-state index in [4.69, 9.17) is 18.0 Å². The predicted molar refractivity (Wildman–Crippen MR) is 144 cm³/mol. The van der Waals surface area contributed by atoms with Gasteiger partial charge in [0.25, 0.3) is 0 Å². The summed E-state index contributed by atoms with van der Waals surface area (Å²) < 4.78 is 25.7. The van der Waals surface area contributed by atoms with Crippen LogP contribution in [0.4, 0.5) is 0 Å². The Labute approximate surface area is 207 Å². The van der Waals surface area contributed by atoms with Gasteiger partial charge in [-0.2, -0.15) is 0 Å². The van der Waals surface area contributed by atoms with Crippen LogP contribution in [0.15, 0.2) is 0 Å². The van der Waals surface area contributed by atoms with Crippen LogP contribution in [0, 0.1) is 0 Å². The number of ether oxygens (including phenoxy) is 1. The van der Waals surface area contributed by atoms with Crippen molar-refractivity contribution in [1.29, 1.82) is 0 Å². The monoisotopic (exact) mass is 522 g/mol. The highest BCUT2D eigenvalue weighted by molar-refractivity contribution is 6.75. The van der Waals surface area contributed by atoms with Crippen molar-refractivity contribution in [3.8, 4) is 0 Å². The largest absolute Gasteiger partial charge is 0.414 e. The zero-order valence-electron chi connectivity index (χ0n) is 24.1. The second-order valence-electron chi connectivity index (χ2n) is 14.3. The van der Waals surface area contributed by atoms with Crippen LogP contribution >= 0.6 is 0 Å². The molecule has 1 aliphatic rings. The van der Waals surface area contributed by atoms with E-state index >= 15 is 0 Å². The summed E-state index contributed by atoms with van der Waals surface area (Å²) in [6.45, 7) is 32.7. The van der Waals surface area contributed by atoms with E-state index < -0.39 is 55.7 Å². The van der Waals surface area contributed by atoms with E-state index in [2.05, 4.69) is 102 Å². The molecule has 0 aromatic heterocycles. The fourth-order valence-corrected chi connectivity index (χ4v) is 6.49. The van der Waals surface area contributed by atoms with Crippen LogP contribution in [0.1, 0.15) is 62.3 Å². The van der Waals surface area contributed by atoms with Gasteiger partial charge >= 0.3 is 0 Å². The Kier molecular flexibility index (Phi) is 9.57. The molecule has 0 bridgehead atoms. The van der Waals surface area contributed by atoms with E-state index in [-0.39, 0.29) is 21.7 Å². The third-order valence-electron chi connectivity index (χ3n) is 8.52. The van der Waals surface area contributed by atoms with Crippen molar-refractivity contribution in [2.75, 3.05) is 6.61 Å². The number of aliphatic hydroxyl groups is 2. The molecule has 1 fully saturated rings. The Morgan fingerprint density at radius 1 is 0.636 bits per heavy atom. The molecule has 9 heteroatoms.